The van der Waals surface area contributed by atoms with Crippen molar-refractivity contribution in [2.75, 3.05) is 31.2 Å². The Morgan fingerprint density at radius 1 is 1.53 bits per heavy atom. The maximum Gasteiger partial charge on any atom is 0.250 e. The molecule has 0 aromatic carbocycles. The van der Waals surface area contributed by atoms with Crippen LogP contribution in [0.15, 0.2) is 12.3 Å². The summed E-state index contributed by atoms with van der Waals surface area (Å²) in [6.07, 6.45) is 2.51. The number of pyridine rings is 1. The van der Waals surface area contributed by atoms with Crippen LogP contribution >= 0.6 is 0 Å². The molecule has 0 saturated heterocycles. The van der Waals surface area contributed by atoms with Crippen LogP contribution in [0.4, 0.5) is 11.5 Å². The number of hydrogen-bond donors (Lipinski definition) is 3. The second-order valence-corrected chi connectivity index (χ2v) is 4.87. The van der Waals surface area contributed by atoms with Crippen molar-refractivity contribution in [2.45, 2.75) is 26.3 Å². The molecule has 0 fully saturated rings. The molecule has 0 spiro atoms. The van der Waals surface area contributed by atoms with E-state index in [1.54, 1.807) is 6.20 Å². The van der Waals surface area contributed by atoms with Crippen LogP contribution < -0.4 is 16.8 Å². The van der Waals surface area contributed by atoms with Crippen molar-refractivity contribution in [3.63, 3.8) is 0 Å². The number of carbonyl (C=O) groups excluding carboxylic acids is 1. The van der Waals surface area contributed by atoms with Crippen molar-refractivity contribution < 1.29 is 4.79 Å². The second kappa shape index (κ2) is 6.94. The van der Waals surface area contributed by atoms with Crippen molar-refractivity contribution >= 4 is 17.4 Å². The lowest BCUT2D eigenvalue weighted by Gasteiger charge is -2.21. The van der Waals surface area contributed by atoms with E-state index in [0.29, 0.717) is 23.1 Å². The summed E-state index contributed by atoms with van der Waals surface area (Å²) in [5.41, 5.74) is 11.9. The average Bonchev–Trinajstić information content (AvgIpc) is 2.35. The fourth-order valence-electron chi connectivity index (χ4n) is 1.63. The predicted octanol–water partition coefficient (Wildman–Crippen LogP) is 0.905. The minimum Gasteiger partial charge on any atom is -0.384 e. The number of nitrogens with one attached hydrogen (secondary N) is 1. The zero-order valence-electron chi connectivity index (χ0n) is 11.8. The number of hydrogen-bond acceptors (Lipinski definition) is 5. The Labute approximate surface area is 114 Å². The molecule has 5 N–H and O–H groups in total. The first-order chi connectivity index (χ1) is 8.91. The van der Waals surface area contributed by atoms with E-state index in [1.165, 1.54) is 6.07 Å². The molecule has 0 aliphatic heterocycles. The van der Waals surface area contributed by atoms with Crippen molar-refractivity contribution in [3.05, 3.63) is 17.8 Å². The summed E-state index contributed by atoms with van der Waals surface area (Å²) in [5.74, 6) is -0.213. The van der Waals surface area contributed by atoms with Crippen molar-refractivity contribution in [2.24, 2.45) is 5.73 Å². The van der Waals surface area contributed by atoms with Gasteiger partial charge in [-0.05, 0) is 39.9 Å². The van der Waals surface area contributed by atoms with E-state index in [1.807, 2.05) is 0 Å². The third-order valence-corrected chi connectivity index (χ3v) is 3.08. The molecule has 0 atom stereocenters. The summed E-state index contributed by atoms with van der Waals surface area (Å²) >= 11 is 0. The van der Waals surface area contributed by atoms with E-state index >= 15 is 0 Å². The van der Waals surface area contributed by atoms with Crippen LogP contribution in [0.1, 0.15) is 30.6 Å². The lowest BCUT2D eigenvalue weighted by atomic mass is 10.2. The molecule has 0 radical (unpaired) electrons. The SMILES string of the molecule is CC(C)N(C)CCCNc1cnc(N)cc1C(N)=O. The minimum atomic E-state index is -0.504. The van der Waals surface area contributed by atoms with Gasteiger partial charge in [-0.15, -0.1) is 0 Å². The first kappa shape index (κ1) is 15.2. The lowest BCUT2D eigenvalue weighted by molar-refractivity contribution is 0.100. The van der Waals surface area contributed by atoms with E-state index in [4.69, 9.17) is 11.5 Å². The van der Waals surface area contributed by atoms with E-state index in [-0.39, 0.29) is 0 Å². The van der Waals surface area contributed by atoms with Gasteiger partial charge in [-0.1, -0.05) is 0 Å². The molecule has 1 aromatic heterocycles. The highest BCUT2D eigenvalue weighted by Crippen LogP contribution is 2.15. The van der Waals surface area contributed by atoms with Gasteiger partial charge in [0, 0.05) is 12.6 Å². The zero-order chi connectivity index (χ0) is 14.4. The molecule has 1 heterocycles. The van der Waals surface area contributed by atoms with E-state index < -0.39 is 5.91 Å². The summed E-state index contributed by atoms with van der Waals surface area (Å²) in [6.45, 7) is 6.05. The molecule has 19 heavy (non-hydrogen) atoms. The monoisotopic (exact) mass is 265 g/mol. The van der Waals surface area contributed by atoms with Gasteiger partial charge in [-0.2, -0.15) is 0 Å². The fourth-order valence-corrected chi connectivity index (χ4v) is 1.63. The number of anilines is 2. The van der Waals surface area contributed by atoms with Crippen LogP contribution in [-0.2, 0) is 0 Å². The predicted molar refractivity (Wildman–Crippen MR) is 78.0 cm³/mol. The van der Waals surface area contributed by atoms with Gasteiger partial charge >= 0.3 is 0 Å². The van der Waals surface area contributed by atoms with Crippen LogP contribution in [0.2, 0.25) is 0 Å². The summed E-state index contributed by atoms with van der Waals surface area (Å²) in [6, 6.07) is 2.02. The number of primary amides is 1. The number of nitrogen functional groups attached to an aromatic ring is 1. The Balaban J connectivity index is 2.52. The molecule has 1 amide bonds. The fraction of sp³-hybridized carbons (Fsp3) is 0.538. The molecule has 0 aliphatic carbocycles. The number of nitrogens with two attached hydrogens (primary N) is 2. The largest absolute Gasteiger partial charge is 0.384 e. The minimum absolute atomic E-state index is 0.291. The second-order valence-electron chi connectivity index (χ2n) is 4.87. The molecule has 6 nitrogen and oxygen atoms in total. The number of carbonyl (C=O) groups is 1. The molecule has 106 valence electrons. The summed E-state index contributed by atoms with van der Waals surface area (Å²) < 4.78 is 0. The maximum absolute atomic E-state index is 11.3. The van der Waals surface area contributed by atoms with Crippen molar-refractivity contribution in [3.8, 4) is 0 Å². The standard InChI is InChI=1S/C13H23N5O/c1-9(2)18(3)6-4-5-16-11-8-17-12(14)7-10(11)13(15)19/h7-9,16H,4-6H2,1-3H3,(H2,14,17)(H2,15,19). The topological polar surface area (TPSA) is 97.3 Å². The van der Waals surface area contributed by atoms with Crippen molar-refractivity contribution in [1.29, 1.82) is 0 Å². The Morgan fingerprint density at radius 3 is 2.79 bits per heavy atom. The smallest absolute Gasteiger partial charge is 0.250 e. The van der Waals surface area contributed by atoms with Crippen LogP contribution in [0, 0.1) is 0 Å². The first-order valence-electron chi connectivity index (χ1n) is 6.41. The number of aromatic nitrogens is 1. The highest BCUT2D eigenvalue weighted by atomic mass is 16.1. The Bertz CT molecular complexity index is 433. The normalized spacial score (nSPS) is 11.0. The van der Waals surface area contributed by atoms with Crippen LogP contribution in [-0.4, -0.2) is 42.0 Å². The van der Waals surface area contributed by atoms with Crippen LogP contribution in [0.5, 0.6) is 0 Å². The van der Waals surface area contributed by atoms with Crippen molar-refractivity contribution in [1.82, 2.24) is 9.88 Å². The molecule has 1 aromatic rings. The van der Waals surface area contributed by atoms with E-state index in [9.17, 15) is 4.79 Å². The van der Waals surface area contributed by atoms with Gasteiger partial charge in [-0.3, -0.25) is 4.79 Å². The lowest BCUT2D eigenvalue weighted by Crippen LogP contribution is -2.28. The Hall–Kier alpha value is -1.82. The molecular formula is C13H23N5O. The molecular weight excluding hydrogens is 242 g/mol. The maximum atomic E-state index is 11.3. The third kappa shape index (κ3) is 4.75. The van der Waals surface area contributed by atoms with Gasteiger partial charge in [0.05, 0.1) is 17.4 Å². The van der Waals surface area contributed by atoms with E-state index in [0.717, 1.165) is 19.5 Å². The zero-order valence-corrected chi connectivity index (χ0v) is 11.8. The van der Waals surface area contributed by atoms with Gasteiger partial charge in [0.15, 0.2) is 0 Å². The highest BCUT2D eigenvalue weighted by Gasteiger charge is 2.09. The molecule has 0 unspecified atom stereocenters. The highest BCUT2D eigenvalue weighted by molar-refractivity contribution is 5.98. The number of nitrogens with zero attached hydrogens (tertiary/aromatic N) is 2. The average molecular weight is 265 g/mol. The van der Waals surface area contributed by atoms with Crippen LogP contribution in [0.25, 0.3) is 0 Å². The van der Waals surface area contributed by atoms with Crippen LogP contribution in [0.3, 0.4) is 0 Å². The first-order valence-corrected chi connectivity index (χ1v) is 6.41. The summed E-state index contributed by atoms with van der Waals surface area (Å²) in [5, 5.41) is 3.17. The molecule has 0 saturated carbocycles. The Kier molecular flexibility index (Phi) is 5.57. The molecule has 0 aliphatic rings. The van der Waals surface area contributed by atoms with Gasteiger partial charge in [0.2, 0.25) is 0 Å². The molecule has 0 bridgehead atoms. The quantitative estimate of drug-likeness (QED) is 0.636. The van der Waals surface area contributed by atoms with Gasteiger partial charge in [0.1, 0.15) is 5.82 Å². The van der Waals surface area contributed by atoms with Gasteiger partial charge in [0.25, 0.3) is 5.91 Å². The molecule has 6 heteroatoms. The van der Waals surface area contributed by atoms with Gasteiger partial charge < -0.3 is 21.7 Å². The summed E-state index contributed by atoms with van der Waals surface area (Å²) in [4.78, 5) is 17.5. The summed E-state index contributed by atoms with van der Waals surface area (Å²) in [7, 11) is 2.09. The third-order valence-electron chi connectivity index (χ3n) is 3.08. The van der Waals surface area contributed by atoms with Gasteiger partial charge in [-0.25, -0.2) is 4.98 Å². The Morgan fingerprint density at radius 2 is 2.21 bits per heavy atom. The molecule has 1 rings (SSSR count). The number of rotatable bonds is 7. The van der Waals surface area contributed by atoms with E-state index in [2.05, 4.69) is 36.1 Å². The number of amides is 1.